The summed E-state index contributed by atoms with van der Waals surface area (Å²) in [6, 6.07) is 4.32. The van der Waals surface area contributed by atoms with Crippen molar-refractivity contribution in [2.75, 3.05) is 34.4 Å². The number of esters is 1. The minimum Gasteiger partial charge on any atom is -0.497 e. The number of carbonyl (C=O) groups excluding carboxylic acids is 1. The van der Waals surface area contributed by atoms with Crippen molar-refractivity contribution in [2.24, 2.45) is 11.8 Å². The molecule has 36 heavy (non-hydrogen) atoms. The van der Waals surface area contributed by atoms with E-state index in [1.165, 1.54) is 23.8 Å². The van der Waals surface area contributed by atoms with Crippen molar-refractivity contribution >= 4 is 28.8 Å². The minimum absolute atomic E-state index is 0.0852. The molecule has 3 aliphatic rings. The number of carboxylic acids is 2. The molecule has 1 aromatic carbocycles. The molecule has 4 atom stereocenters. The van der Waals surface area contributed by atoms with Crippen molar-refractivity contribution in [3.05, 3.63) is 35.2 Å². The molecule has 0 radical (unpaired) electrons. The molecule has 1 aromatic heterocycles. The van der Waals surface area contributed by atoms with Gasteiger partial charge in [0.1, 0.15) is 0 Å². The molecule has 0 aliphatic carbocycles. The van der Waals surface area contributed by atoms with E-state index in [4.69, 9.17) is 38.7 Å². The van der Waals surface area contributed by atoms with E-state index in [9.17, 15) is 4.79 Å². The van der Waals surface area contributed by atoms with Gasteiger partial charge in [0.25, 0.3) is 0 Å². The third-order valence-corrected chi connectivity index (χ3v) is 7.32. The molecule has 0 amide bonds. The zero-order valence-corrected chi connectivity index (χ0v) is 20.6. The number of carboxylic acid groups (broad SMARTS) is 2. The topological polar surface area (TPSA) is 148 Å². The number of benzene rings is 1. The summed E-state index contributed by atoms with van der Waals surface area (Å²) in [4.78, 5) is 36.8. The van der Waals surface area contributed by atoms with Gasteiger partial charge in [0, 0.05) is 47.6 Å². The van der Waals surface area contributed by atoms with Crippen molar-refractivity contribution in [2.45, 2.75) is 31.9 Å². The van der Waals surface area contributed by atoms with Gasteiger partial charge in [-0.1, -0.05) is 0 Å². The lowest BCUT2D eigenvalue weighted by Crippen LogP contribution is -2.51. The second-order valence-corrected chi connectivity index (χ2v) is 9.05. The number of ether oxygens (including phenoxy) is 4. The van der Waals surface area contributed by atoms with Crippen LogP contribution in [0.15, 0.2) is 24.0 Å². The molecule has 11 nitrogen and oxygen atoms in total. The SMILES string of the molecule is COC(=O)C1=CO[C@@H](C)[C@@H]2CN3CCc4c([nH]c5cc(OC)c(OC)cc45)[C@H]3C[C@H]12.O=C(O)C(=O)O. The second-order valence-electron chi connectivity index (χ2n) is 9.05. The van der Waals surface area contributed by atoms with E-state index >= 15 is 0 Å². The van der Waals surface area contributed by atoms with Crippen LogP contribution in [0, 0.1) is 11.8 Å². The molecular formula is C25H30N2O9. The van der Waals surface area contributed by atoms with E-state index in [1.54, 1.807) is 20.5 Å². The first-order chi connectivity index (χ1) is 17.2. The Balaban J connectivity index is 0.000000455. The molecule has 0 spiro atoms. The van der Waals surface area contributed by atoms with Crippen LogP contribution in [0.4, 0.5) is 0 Å². The van der Waals surface area contributed by atoms with Crippen molar-refractivity contribution in [1.82, 2.24) is 9.88 Å². The highest BCUT2D eigenvalue weighted by molar-refractivity contribution is 6.27. The Hall–Kier alpha value is -3.73. The molecule has 3 N–H and O–H groups in total. The highest BCUT2D eigenvalue weighted by atomic mass is 16.5. The van der Waals surface area contributed by atoms with Crippen LogP contribution in [0.25, 0.3) is 10.9 Å². The Morgan fingerprint density at radius 2 is 1.75 bits per heavy atom. The summed E-state index contributed by atoms with van der Waals surface area (Å²) in [6.07, 6.45) is 3.56. The Labute approximate surface area is 207 Å². The highest BCUT2D eigenvalue weighted by Crippen LogP contribution is 2.48. The van der Waals surface area contributed by atoms with Crippen LogP contribution in [0.2, 0.25) is 0 Å². The third-order valence-electron chi connectivity index (χ3n) is 7.32. The lowest BCUT2D eigenvalue weighted by Gasteiger charge is -2.49. The summed E-state index contributed by atoms with van der Waals surface area (Å²) in [5, 5.41) is 16.0. The number of aromatic amines is 1. The summed E-state index contributed by atoms with van der Waals surface area (Å²) < 4.78 is 21.9. The van der Waals surface area contributed by atoms with Gasteiger partial charge in [-0.25, -0.2) is 14.4 Å². The van der Waals surface area contributed by atoms with Crippen LogP contribution in [0.3, 0.4) is 0 Å². The number of fused-ring (bicyclic) bond motifs is 6. The summed E-state index contributed by atoms with van der Waals surface area (Å²) in [5.41, 5.74) is 4.31. The van der Waals surface area contributed by atoms with Crippen molar-refractivity contribution in [3.63, 3.8) is 0 Å². The summed E-state index contributed by atoms with van der Waals surface area (Å²) in [5.74, 6) is -2.06. The highest BCUT2D eigenvalue weighted by Gasteiger charge is 2.47. The molecule has 4 heterocycles. The van der Waals surface area contributed by atoms with Gasteiger partial charge in [-0.3, -0.25) is 4.90 Å². The first-order valence-electron chi connectivity index (χ1n) is 11.6. The van der Waals surface area contributed by atoms with Crippen LogP contribution in [0.5, 0.6) is 11.5 Å². The predicted molar refractivity (Wildman–Crippen MR) is 127 cm³/mol. The number of hydrogen-bond donors (Lipinski definition) is 3. The number of nitrogens with one attached hydrogen (secondary N) is 1. The number of aromatic nitrogens is 1. The minimum atomic E-state index is -1.82. The molecule has 194 valence electrons. The van der Waals surface area contributed by atoms with E-state index in [0.717, 1.165) is 42.9 Å². The molecule has 11 heteroatoms. The molecule has 0 bridgehead atoms. The summed E-state index contributed by atoms with van der Waals surface area (Å²) >= 11 is 0. The fourth-order valence-electron chi connectivity index (χ4n) is 5.56. The average Bonchev–Trinajstić information content (AvgIpc) is 3.25. The lowest BCUT2D eigenvalue weighted by molar-refractivity contribution is -0.159. The maximum Gasteiger partial charge on any atom is 0.414 e. The quantitative estimate of drug-likeness (QED) is 0.422. The number of nitrogens with zero attached hydrogens (tertiary/aromatic N) is 1. The van der Waals surface area contributed by atoms with E-state index in [1.807, 2.05) is 6.07 Å². The van der Waals surface area contributed by atoms with Crippen LogP contribution < -0.4 is 9.47 Å². The molecule has 0 saturated carbocycles. The standard InChI is InChI=1S/C23H28N2O5.C2H2O4/c1-12-16-10-25-6-5-13-15-8-20(27-2)21(28-3)9-18(15)24-22(13)19(25)7-14(16)17(11-30-12)23(26)29-4;3-1(4)2(5)6/h8-9,11-12,14,16,19,24H,5-7,10H2,1-4H3;(H,3,4)(H,5,6)/t12-,14-,16-,19+;/m0./s1. The maximum atomic E-state index is 12.4. The molecule has 2 aromatic rings. The van der Waals surface area contributed by atoms with Crippen LogP contribution in [-0.4, -0.2) is 78.5 Å². The predicted octanol–water partition coefficient (Wildman–Crippen LogP) is 2.35. The number of H-pyrrole nitrogens is 1. The zero-order valence-electron chi connectivity index (χ0n) is 20.6. The van der Waals surface area contributed by atoms with Gasteiger partial charge in [-0.15, -0.1) is 0 Å². The number of carbonyl (C=O) groups is 3. The van der Waals surface area contributed by atoms with Crippen molar-refractivity contribution in [1.29, 1.82) is 0 Å². The van der Waals surface area contributed by atoms with Crippen molar-refractivity contribution in [3.8, 4) is 11.5 Å². The normalized spacial score (nSPS) is 24.5. The van der Waals surface area contributed by atoms with Gasteiger partial charge in [0.15, 0.2) is 11.5 Å². The van der Waals surface area contributed by atoms with E-state index in [2.05, 4.69) is 22.9 Å². The Morgan fingerprint density at radius 1 is 1.08 bits per heavy atom. The number of piperidine rings is 1. The molecule has 3 aliphatic heterocycles. The largest absolute Gasteiger partial charge is 0.497 e. The third kappa shape index (κ3) is 4.46. The average molecular weight is 503 g/mol. The summed E-state index contributed by atoms with van der Waals surface area (Å²) in [7, 11) is 4.75. The number of aliphatic carboxylic acids is 2. The summed E-state index contributed by atoms with van der Waals surface area (Å²) in [6.45, 7) is 4.00. The molecule has 0 unspecified atom stereocenters. The molecule has 1 fully saturated rings. The molecular weight excluding hydrogens is 472 g/mol. The maximum absolute atomic E-state index is 12.4. The van der Waals surface area contributed by atoms with Gasteiger partial charge in [0.2, 0.25) is 0 Å². The van der Waals surface area contributed by atoms with Gasteiger partial charge in [0.05, 0.1) is 45.3 Å². The van der Waals surface area contributed by atoms with Crippen molar-refractivity contribution < 1.29 is 43.5 Å². The van der Waals surface area contributed by atoms with Gasteiger partial charge < -0.3 is 34.1 Å². The smallest absolute Gasteiger partial charge is 0.414 e. The fraction of sp³-hybridized carbons (Fsp3) is 0.480. The molecule has 1 saturated heterocycles. The van der Waals surface area contributed by atoms with E-state index in [0.29, 0.717) is 5.57 Å². The fourth-order valence-corrected chi connectivity index (χ4v) is 5.56. The van der Waals surface area contributed by atoms with Gasteiger partial charge >= 0.3 is 17.9 Å². The number of hydrogen-bond acceptors (Lipinski definition) is 8. The first-order valence-corrected chi connectivity index (χ1v) is 11.6. The Bertz CT molecular complexity index is 1210. The van der Waals surface area contributed by atoms with E-state index in [-0.39, 0.29) is 30.0 Å². The Kier molecular flexibility index (Phi) is 7.11. The van der Waals surface area contributed by atoms with Gasteiger partial charge in [-0.05, 0) is 31.4 Å². The lowest BCUT2D eigenvalue weighted by atomic mass is 9.72. The van der Waals surface area contributed by atoms with Crippen LogP contribution >= 0.6 is 0 Å². The first kappa shape index (κ1) is 25.4. The Morgan fingerprint density at radius 3 is 2.36 bits per heavy atom. The van der Waals surface area contributed by atoms with Crippen LogP contribution in [-0.2, 0) is 30.3 Å². The second kappa shape index (κ2) is 10.1. The zero-order chi connectivity index (χ0) is 26.1. The van der Waals surface area contributed by atoms with Gasteiger partial charge in [-0.2, -0.15) is 0 Å². The monoisotopic (exact) mass is 502 g/mol. The molecule has 5 rings (SSSR count). The van der Waals surface area contributed by atoms with E-state index < -0.39 is 11.9 Å². The number of methoxy groups -OCH3 is 3. The number of rotatable bonds is 3. The van der Waals surface area contributed by atoms with Crippen LogP contribution in [0.1, 0.15) is 30.6 Å².